The van der Waals surface area contributed by atoms with Crippen LogP contribution in [-0.4, -0.2) is 13.2 Å². The van der Waals surface area contributed by atoms with Crippen LogP contribution in [-0.2, 0) is 4.74 Å². The molecular weight excluding hydrogens is 160 g/mol. The highest BCUT2D eigenvalue weighted by Crippen LogP contribution is 2.41. The summed E-state index contributed by atoms with van der Waals surface area (Å²) in [4.78, 5) is 0. The van der Waals surface area contributed by atoms with Crippen molar-refractivity contribution < 1.29 is 4.74 Å². The Hall–Kier alpha value is -0.300. The molecule has 0 bridgehead atoms. The van der Waals surface area contributed by atoms with E-state index in [4.69, 9.17) is 4.74 Å². The van der Waals surface area contributed by atoms with Crippen LogP contribution in [0.25, 0.3) is 0 Å². The molecule has 1 saturated carbocycles. The molecule has 13 heavy (non-hydrogen) atoms. The first kappa shape index (κ1) is 9.26. The Kier molecular flexibility index (Phi) is 2.73. The first-order valence-corrected chi connectivity index (χ1v) is 5.50. The van der Waals surface area contributed by atoms with E-state index in [0.717, 1.165) is 17.8 Å². The summed E-state index contributed by atoms with van der Waals surface area (Å²) in [6.07, 6.45) is 10.5. The molecule has 0 aliphatic heterocycles. The Balaban J connectivity index is 2.07. The van der Waals surface area contributed by atoms with Crippen LogP contribution in [0.5, 0.6) is 0 Å². The van der Waals surface area contributed by atoms with Crippen molar-refractivity contribution in [3.05, 3.63) is 12.2 Å². The normalized spacial score (nSPS) is 44.5. The minimum Gasteiger partial charge on any atom is -0.377 e. The molecule has 0 N–H and O–H groups in total. The second-order valence-electron chi connectivity index (χ2n) is 4.71. The molecule has 0 aromatic heterocycles. The second kappa shape index (κ2) is 3.83. The molecule has 0 radical (unpaired) electrons. The van der Waals surface area contributed by atoms with Crippen LogP contribution in [0, 0.1) is 17.8 Å². The Morgan fingerprint density at radius 1 is 1.31 bits per heavy atom. The highest BCUT2D eigenvalue weighted by Gasteiger charge is 2.34. The topological polar surface area (TPSA) is 9.23 Å². The Bertz CT molecular complexity index is 197. The van der Waals surface area contributed by atoms with Crippen LogP contribution in [0.2, 0.25) is 0 Å². The fraction of sp³-hybridized carbons (Fsp3) is 0.833. The SMILES string of the molecule is COC1C=CCC2CCC(C)CC21. The monoisotopic (exact) mass is 180 g/mol. The van der Waals surface area contributed by atoms with Crippen LogP contribution in [0.1, 0.15) is 32.6 Å². The van der Waals surface area contributed by atoms with Crippen LogP contribution in [0.15, 0.2) is 12.2 Å². The molecule has 2 rings (SSSR count). The van der Waals surface area contributed by atoms with Crippen LogP contribution < -0.4 is 0 Å². The molecule has 4 unspecified atom stereocenters. The van der Waals surface area contributed by atoms with E-state index in [2.05, 4.69) is 19.1 Å². The number of methoxy groups -OCH3 is 1. The Morgan fingerprint density at radius 3 is 2.92 bits per heavy atom. The molecule has 74 valence electrons. The van der Waals surface area contributed by atoms with Gasteiger partial charge in [-0.1, -0.05) is 25.5 Å². The lowest BCUT2D eigenvalue weighted by Crippen LogP contribution is -2.35. The van der Waals surface area contributed by atoms with Gasteiger partial charge >= 0.3 is 0 Å². The molecule has 2 aliphatic rings. The van der Waals surface area contributed by atoms with Crippen LogP contribution >= 0.6 is 0 Å². The van der Waals surface area contributed by atoms with Gasteiger partial charge in [0.25, 0.3) is 0 Å². The highest BCUT2D eigenvalue weighted by molar-refractivity contribution is 5.03. The first-order chi connectivity index (χ1) is 6.31. The van der Waals surface area contributed by atoms with Crippen LogP contribution in [0.4, 0.5) is 0 Å². The van der Waals surface area contributed by atoms with Crippen molar-refractivity contribution in [3.8, 4) is 0 Å². The van der Waals surface area contributed by atoms with Crippen molar-refractivity contribution >= 4 is 0 Å². The molecule has 1 fully saturated rings. The summed E-state index contributed by atoms with van der Waals surface area (Å²) >= 11 is 0. The molecule has 2 aliphatic carbocycles. The standard InChI is InChI=1S/C12H20O/c1-9-6-7-10-4-3-5-12(13-2)11(10)8-9/h3,5,9-12H,4,6-8H2,1-2H3. The third-order valence-electron chi connectivity index (χ3n) is 3.77. The molecule has 1 heteroatoms. The van der Waals surface area contributed by atoms with E-state index in [9.17, 15) is 0 Å². The average Bonchev–Trinajstić information content (AvgIpc) is 2.17. The van der Waals surface area contributed by atoms with Gasteiger partial charge < -0.3 is 4.74 Å². The molecule has 0 saturated heterocycles. The van der Waals surface area contributed by atoms with Gasteiger partial charge in [-0.05, 0) is 37.0 Å². The van der Waals surface area contributed by atoms with Gasteiger partial charge in [0.2, 0.25) is 0 Å². The van der Waals surface area contributed by atoms with Crippen molar-refractivity contribution in [1.82, 2.24) is 0 Å². The largest absolute Gasteiger partial charge is 0.377 e. The zero-order valence-corrected chi connectivity index (χ0v) is 8.70. The van der Waals surface area contributed by atoms with E-state index in [1.54, 1.807) is 0 Å². The summed E-state index contributed by atoms with van der Waals surface area (Å²) in [7, 11) is 1.84. The number of allylic oxidation sites excluding steroid dienone is 1. The Labute approximate surface area is 81.2 Å². The number of fused-ring (bicyclic) bond motifs is 1. The maximum absolute atomic E-state index is 5.52. The summed E-state index contributed by atoms with van der Waals surface area (Å²) in [6, 6.07) is 0. The summed E-state index contributed by atoms with van der Waals surface area (Å²) in [6.45, 7) is 2.38. The van der Waals surface area contributed by atoms with Gasteiger partial charge in [-0.25, -0.2) is 0 Å². The van der Waals surface area contributed by atoms with Crippen molar-refractivity contribution in [1.29, 1.82) is 0 Å². The second-order valence-corrected chi connectivity index (χ2v) is 4.71. The molecule has 0 aromatic carbocycles. The summed E-state index contributed by atoms with van der Waals surface area (Å²) in [5, 5.41) is 0. The maximum Gasteiger partial charge on any atom is 0.0783 e. The zero-order valence-electron chi connectivity index (χ0n) is 8.70. The number of ether oxygens (including phenoxy) is 1. The average molecular weight is 180 g/mol. The molecule has 0 heterocycles. The quantitative estimate of drug-likeness (QED) is 0.564. The molecule has 4 atom stereocenters. The number of hydrogen-bond donors (Lipinski definition) is 0. The van der Waals surface area contributed by atoms with Crippen molar-refractivity contribution in [2.24, 2.45) is 17.8 Å². The number of hydrogen-bond acceptors (Lipinski definition) is 1. The fourth-order valence-corrected chi connectivity index (χ4v) is 2.97. The molecule has 0 spiro atoms. The highest BCUT2D eigenvalue weighted by atomic mass is 16.5. The predicted molar refractivity (Wildman–Crippen MR) is 54.5 cm³/mol. The van der Waals surface area contributed by atoms with E-state index < -0.39 is 0 Å². The van der Waals surface area contributed by atoms with Gasteiger partial charge in [-0.15, -0.1) is 0 Å². The lowest BCUT2D eigenvalue weighted by atomic mass is 9.69. The van der Waals surface area contributed by atoms with E-state index in [1.165, 1.54) is 25.7 Å². The third-order valence-corrected chi connectivity index (χ3v) is 3.77. The van der Waals surface area contributed by atoms with E-state index in [1.807, 2.05) is 7.11 Å². The van der Waals surface area contributed by atoms with Crippen molar-refractivity contribution in [2.75, 3.05) is 7.11 Å². The van der Waals surface area contributed by atoms with Gasteiger partial charge in [0.15, 0.2) is 0 Å². The van der Waals surface area contributed by atoms with E-state index in [0.29, 0.717) is 6.10 Å². The predicted octanol–water partition coefficient (Wildman–Crippen LogP) is 3.01. The Morgan fingerprint density at radius 2 is 2.15 bits per heavy atom. The van der Waals surface area contributed by atoms with Gasteiger partial charge in [0.1, 0.15) is 0 Å². The molecular formula is C12H20O. The molecule has 0 aromatic rings. The smallest absolute Gasteiger partial charge is 0.0783 e. The van der Waals surface area contributed by atoms with Gasteiger partial charge in [0.05, 0.1) is 6.10 Å². The minimum absolute atomic E-state index is 0.404. The summed E-state index contributed by atoms with van der Waals surface area (Å²) in [5.41, 5.74) is 0. The number of rotatable bonds is 1. The summed E-state index contributed by atoms with van der Waals surface area (Å²) < 4.78 is 5.52. The van der Waals surface area contributed by atoms with E-state index >= 15 is 0 Å². The first-order valence-electron chi connectivity index (χ1n) is 5.50. The molecule has 1 nitrogen and oxygen atoms in total. The third kappa shape index (κ3) is 1.80. The zero-order chi connectivity index (χ0) is 9.26. The molecule has 0 amide bonds. The summed E-state index contributed by atoms with van der Waals surface area (Å²) in [5.74, 6) is 2.62. The van der Waals surface area contributed by atoms with Gasteiger partial charge in [0, 0.05) is 7.11 Å². The van der Waals surface area contributed by atoms with Crippen molar-refractivity contribution in [2.45, 2.75) is 38.7 Å². The van der Waals surface area contributed by atoms with Gasteiger partial charge in [-0.3, -0.25) is 0 Å². The fourth-order valence-electron chi connectivity index (χ4n) is 2.97. The lowest BCUT2D eigenvalue weighted by molar-refractivity contribution is 0.0227. The van der Waals surface area contributed by atoms with E-state index in [-0.39, 0.29) is 0 Å². The van der Waals surface area contributed by atoms with Gasteiger partial charge in [-0.2, -0.15) is 0 Å². The van der Waals surface area contributed by atoms with Crippen LogP contribution in [0.3, 0.4) is 0 Å². The van der Waals surface area contributed by atoms with Crippen molar-refractivity contribution in [3.63, 3.8) is 0 Å². The lowest BCUT2D eigenvalue weighted by Gasteiger charge is -2.40. The maximum atomic E-state index is 5.52. The minimum atomic E-state index is 0.404.